The van der Waals surface area contributed by atoms with Gasteiger partial charge in [0.2, 0.25) is 5.90 Å². The number of para-hydroxylation sites is 1. The van der Waals surface area contributed by atoms with Crippen molar-refractivity contribution in [2.24, 2.45) is 4.40 Å². The van der Waals surface area contributed by atoms with Gasteiger partial charge in [-0.3, -0.25) is 20.2 Å². The number of nitrogens with zero attached hydrogens (tertiary/aromatic N) is 4. The Morgan fingerprint density at radius 1 is 1.20 bits per heavy atom. The molecule has 1 aliphatic heterocycles. The van der Waals surface area contributed by atoms with E-state index in [-0.39, 0.29) is 17.2 Å². The van der Waals surface area contributed by atoms with E-state index in [0.717, 1.165) is 22.0 Å². The van der Waals surface area contributed by atoms with Crippen molar-refractivity contribution in [2.75, 3.05) is 7.05 Å². The number of carbonyl (C=O) groups excluding carboxylic acids is 1. The lowest BCUT2D eigenvalue weighted by Crippen LogP contribution is -2.26. The summed E-state index contributed by atoms with van der Waals surface area (Å²) >= 11 is 0.637. The van der Waals surface area contributed by atoms with Crippen LogP contribution in [0.15, 0.2) is 40.8 Å². The van der Waals surface area contributed by atoms with Crippen LogP contribution >= 0.6 is 12.1 Å². The van der Waals surface area contributed by atoms with E-state index < -0.39 is 39.0 Å². The van der Waals surface area contributed by atoms with Gasteiger partial charge in [-0.2, -0.15) is 4.40 Å². The maximum Gasteiger partial charge on any atom is 0.426 e. The van der Waals surface area contributed by atoms with Crippen LogP contribution in [0, 0.1) is 20.2 Å². The van der Waals surface area contributed by atoms with Gasteiger partial charge in [0.1, 0.15) is 23.3 Å². The largest absolute Gasteiger partial charge is 0.483 e. The van der Waals surface area contributed by atoms with E-state index in [1.165, 1.54) is 13.1 Å². The van der Waals surface area contributed by atoms with Crippen LogP contribution in [0.2, 0.25) is 0 Å². The van der Waals surface area contributed by atoms with Gasteiger partial charge < -0.3 is 14.2 Å². The smallest absolute Gasteiger partial charge is 0.426 e. The molecule has 0 saturated carbocycles. The summed E-state index contributed by atoms with van der Waals surface area (Å²) in [6, 6.07) is 8.41. The van der Waals surface area contributed by atoms with Crippen LogP contribution in [0.5, 0.6) is 11.5 Å². The van der Waals surface area contributed by atoms with Crippen molar-refractivity contribution in [3.63, 3.8) is 0 Å². The normalized spacial score (nSPS) is 14.2. The zero-order chi connectivity index (χ0) is 25.9. The first-order valence-corrected chi connectivity index (χ1v) is 11.2. The number of nitro benzene ring substituents is 2. The Morgan fingerprint density at radius 3 is 2.54 bits per heavy atom. The number of rotatable bonds is 7. The zero-order valence-electron chi connectivity index (χ0n) is 19.7. The highest BCUT2D eigenvalue weighted by molar-refractivity contribution is 7.96. The molecule has 0 unspecified atom stereocenters. The molecule has 2 aromatic carbocycles. The van der Waals surface area contributed by atoms with E-state index in [0.29, 0.717) is 24.3 Å². The fourth-order valence-corrected chi connectivity index (χ4v) is 3.72. The molecule has 0 bridgehead atoms. The number of hydrogen-bond donors (Lipinski definition) is 0. The van der Waals surface area contributed by atoms with E-state index in [1.807, 2.05) is 19.9 Å². The summed E-state index contributed by atoms with van der Waals surface area (Å²) < 4.78 is 22.2. The Bertz CT molecular complexity index is 1200. The van der Waals surface area contributed by atoms with Gasteiger partial charge in [0, 0.05) is 25.1 Å². The summed E-state index contributed by atoms with van der Waals surface area (Å²) in [5, 5.41) is 22.6. The molecule has 12 nitrogen and oxygen atoms in total. The monoisotopic (exact) mass is 504 g/mol. The predicted octanol–water partition coefficient (Wildman–Crippen LogP) is 5.08. The van der Waals surface area contributed by atoms with Gasteiger partial charge in [-0.15, -0.1) is 0 Å². The van der Waals surface area contributed by atoms with Crippen molar-refractivity contribution in [2.45, 2.75) is 45.8 Å². The highest BCUT2D eigenvalue weighted by Crippen LogP contribution is 2.42. The Kier molecular flexibility index (Phi) is 7.48. The lowest BCUT2D eigenvalue weighted by molar-refractivity contribution is -0.394. The average Bonchev–Trinajstić information content (AvgIpc) is 3.10. The maximum absolute atomic E-state index is 12.7. The van der Waals surface area contributed by atoms with Crippen LogP contribution in [0.25, 0.3) is 0 Å². The van der Waals surface area contributed by atoms with Gasteiger partial charge in [0.15, 0.2) is 11.5 Å². The quantitative estimate of drug-likeness (QED) is 0.165. The second-order valence-corrected chi connectivity index (χ2v) is 9.40. The highest BCUT2D eigenvalue weighted by atomic mass is 32.2. The molecule has 1 amide bonds. The van der Waals surface area contributed by atoms with Crippen molar-refractivity contribution in [3.05, 3.63) is 67.8 Å². The second-order valence-electron chi connectivity index (χ2n) is 8.51. The lowest BCUT2D eigenvalue weighted by Gasteiger charge is -2.19. The number of ether oxygens (including phenoxy) is 3. The van der Waals surface area contributed by atoms with Gasteiger partial charge in [0.25, 0.3) is 11.4 Å². The molecule has 0 spiro atoms. The number of nitro groups is 2. The third-order valence-corrected chi connectivity index (χ3v) is 5.36. The fourth-order valence-electron chi connectivity index (χ4n) is 3.28. The first kappa shape index (κ1) is 25.7. The minimum Gasteiger partial charge on any atom is -0.483 e. The van der Waals surface area contributed by atoms with E-state index in [9.17, 15) is 25.0 Å². The van der Waals surface area contributed by atoms with Gasteiger partial charge in [-0.25, -0.2) is 9.10 Å². The van der Waals surface area contributed by atoms with Crippen LogP contribution in [0.1, 0.15) is 38.8 Å². The summed E-state index contributed by atoms with van der Waals surface area (Å²) in [7, 11) is 1.40. The van der Waals surface area contributed by atoms with Crippen LogP contribution in [0.3, 0.4) is 0 Å². The molecule has 13 heteroatoms. The predicted molar refractivity (Wildman–Crippen MR) is 129 cm³/mol. The molecule has 0 radical (unpaired) electrons. The molecule has 0 fully saturated rings. The zero-order valence-corrected chi connectivity index (χ0v) is 20.5. The second kappa shape index (κ2) is 10.2. The lowest BCUT2D eigenvalue weighted by atomic mass is 10.0. The first-order valence-electron chi connectivity index (χ1n) is 10.5. The highest BCUT2D eigenvalue weighted by Gasteiger charge is 2.33. The van der Waals surface area contributed by atoms with E-state index in [1.54, 1.807) is 26.0 Å². The molecule has 186 valence electrons. The molecule has 0 aromatic heterocycles. The van der Waals surface area contributed by atoms with E-state index in [4.69, 9.17) is 14.2 Å². The molecule has 0 atom stereocenters. The SMILES string of the molecule is CC(C)OC(=NSN(C)C(=O)Oc1cccc2c1OC(C)(C)C2)c1ccc([N+](=O)[O-])cc1[N+](=O)[O-]. The topological polar surface area (TPSA) is 147 Å². The van der Waals surface area contributed by atoms with Gasteiger partial charge >= 0.3 is 6.09 Å². The van der Waals surface area contributed by atoms with E-state index in [2.05, 4.69) is 4.40 Å². The van der Waals surface area contributed by atoms with Crippen molar-refractivity contribution < 1.29 is 28.9 Å². The van der Waals surface area contributed by atoms with Crippen molar-refractivity contribution >= 4 is 35.5 Å². The molecule has 0 aliphatic carbocycles. The number of carbonyl (C=O) groups is 1. The first-order chi connectivity index (χ1) is 16.4. The van der Waals surface area contributed by atoms with Crippen LogP contribution in [0.4, 0.5) is 16.2 Å². The molecule has 0 N–H and O–H groups in total. The minimum atomic E-state index is -0.762. The number of amides is 1. The van der Waals surface area contributed by atoms with Crippen LogP contribution in [-0.4, -0.2) is 44.9 Å². The molecule has 35 heavy (non-hydrogen) atoms. The molecule has 2 aromatic rings. The van der Waals surface area contributed by atoms with Gasteiger partial charge in [-0.1, -0.05) is 12.1 Å². The molecule has 1 aliphatic rings. The Morgan fingerprint density at radius 2 is 1.91 bits per heavy atom. The number of benzene rings is 2. The summed E-state index contributed by atoms with van der Waals surface area (Å²) in [5.74, 6) is 0.592. The van der Waals surface area contributed by atoms with Crippen LogP contribution in [-0.2, 0) is 11.2 Å². The fraction of sp³-hybridized carbons (Fsp3) is 0.364. The summed E-state index contributed by atoms with van der Waals surface area (Å²) in [5.41, 5.74) is -0.562. The molecule has 3 rings (SSSR count). The van der Waals surface area contributed by atoms with E-state index >= 15 is 0 Å². The van der Waals surface area contributed by atoms with Crippen molar-refractivity contribution in [1.82, 2.24) is 4.31 Å². The van der Waals surface area contributed by atoms with Crippen molar-refractivity contribution in [1.29, 1.82) is 0 Å². The van der Waals surface area contributed by atoms with Crippen molar-refractivity contribution in [3.8, 4) is 11.5 Å². The Balaban J connectivity index is 1.82. The average molecular weight is 505 g/mol. The number of fused-ring (bicyclic) bond motifs is 1. The Hall–Kier alpha value is -3.87. The standard InChI is InChI=1S/C22H24N4O8S/c1-13(2)32-20(16-10-9-15(25(28)29)11-17(16)26(30)31)23-35-24(5)21(27)33-18-8-6-7-14-12-22(3,4)34-19(14)18/h6-11,13H,12H2,1-5H3. The third kappa shape index (κ3) is 6.18. The molecule has 0 saturated heterocycles. The minimum absolute atomic E-state index is 0.0694. The third-order valence-electron chi connectivity index (χ3n) is 4.72. The summed E-state index contributed by atoms with van der Waals surface area (Å²) in [6.07, 6.45) is -0.511. The maximum atomic E-state index is 12.7. The van der Waals surface area contributed by atoms with Crippen LogP contribution < -0.4 is 9.47 Å². The molecule has 1 heterocycles. The summed E-state index contributed by atoms with van der Waals surface area (Å²) in [4.78, 5) is 33.8. The van der Waals surface area contributed by atoms with Gasteiger partial charge in [-0.05, 0) is 39.8 Å². The number of non-ortho nitro benzene ring substituents is 1. The van der Waals surface area contributed by atoms with Gasteiger partial charge in [0.05, 0.1) is 22.0 Å². The molecular formula is C22H24N4O8S. The Labute approximate surface area is 205 Å². The number of hydrogen-bond acceptors (Lipinski definition) is 10. The summed E-state index contributed by atoms with van der Waals surface area (Å²) in [6.45, 7) is 7.24. The molecular weight excluding hydrogens is 480 g/mol.